The molecule has 3 N–H and O–H groups in total. The van der Waals surface area contributed by atoms with Gasteiger partial charge in [0.05, 0.1) is 16.5 Å². The number of hydrogen-bond donors (Lipinski definition) is 2. The highest BCUT2D eigenvalue weighted by atomic mass is 35.5. The van der Waals surface area contributed by atoms with Crippen molar-refractivity contribution >= 4 is 40.9 Å². The van der Waals surface area contributed by atoms with E-state index in [4.69, 9.17) is 27.3 Å². The Hall–Kier alpha value is -3.07. The molecule has 1 saturated heterocycles. The number of nitrogens with two attached hydrogens (primary N) is 1. The maximum atomic E-state index is 9.52. The first-order valence-corrected chi connectivity index (χ1v) is 13.7. The van der Waals surface area contributed by atoms with E-state index in [-0.39, 0.29) is 6.61 Å². The maximum absolute atomic E-state index is 9.52. The number of amidine groups is 2. The molecule has 0 amide bonds. The number of fused-ring (bicyclic) bond motifs is 3. The van der Waals surface area contributed by atoms with Gasteiger partial charge in [-0.2, -0.15) is 0 Å². The van der Waals surface area contributed by atoms with Crippen molar-refractivity contribution in [2.75, 3.05) is 25.9 Å². The molecule has 2 aromatic rings. The molecule has 1 aromatic heterocycles. The first kappa shape index (κ1) is 24.3. The van der Waals surface area contributed by atoms with Gasteiger partial charge in [0, 0.05) is 37.4 Å². The van der Waals surface area contributed by atoms with E-state index >= 15 is 0 Å². The average Bonchev–Trinajstić information content (AvgIpc) is 3.25. The summed E-state index contributed by atoms with van der Waals surface area (Å²) < 4.78 is 0. The second kappa shape index (κ2) is 9.67. The van der Waals surface area contributed by atoms with Crippen LogP contribution in [0, 0.1) is 5.41 Å². The van der Waals surface area contributed by atoms with Gasteiger partial charge in [0.25, 0.3) is 0 Å². The van der Waals surface area contributed by atoms with E-state index in [0.717, 1.165) is 71.6 Å². The fraction of sp³-hybridized carbons (Fsp3) is 0.321. The zero-order chi connectivity index (χ0) is 25.6. The van der Waals surface area contributed by atoms with Crippen molar-refractivity contribution < 1.29 is 5.11 Å². The first-order chi connectivity index (χ1) is 17.9. The quantitative estimate of drug-likeness (QED) is 0.591. The Labute approximate surface area is 226 Å². The fourth-order valence-electron chi connectivity index (χ4n) is 5.65. The number of aliphatic hydroxyl groups is 1. The third-order valence-electron chi connectivity index (χ3n) is 7.75. The Bertz CT molecular complexity index is 1400. The summed E-state index contributed by atoms with van der Waals surface area (Å²) in [4.78, 5) is 20.1. The standard InChI is InChI=1S/C28H29ClN6OS/c1-34-23-5-4-22(37-21-6-10-31-26(30)25(21)29)27(34)32-11-7-24(33-23)35-12-8-28(9-13-35)15-19-3-2-18(17-36)14-20(19)16-28/h2-7,10-11,14,36H,8-9,12-13,15-17H2,1H3,(H2,30,31)/b11-7+,24-7?,32-11?,32-27-,33-23?,33-24+. The van der Waals surface area contributed by atoms with Crippen LogP contribution in [0.15, 0.2) is 80.5 Å². The van der Waals surface area contributed by atoms with Gasteiger partial charge in [0.15, 0.2) is 0 Å². The fourth-order valence-corrected chi connectivity index (χ4v) is 6.85. The van der Waals surface area contributed by atoms with Crippen molar-refractivity contribution in [3.8, 4) is 0 Å². The summed E-state index contributed by atoms with van der Waals surface area (Å²) in [5.74, 6) is 2.94. The summed E-state index contributed by atoms with van der Waals surface area (Å²) in [7, 11) is 1.99. The lowest BCUT2D eigenvalue weighted by molar-refractivity contribution is 0.158. The number of nitrogens with zero attached hydrogens (tertiary/aromatic N) is 5. The molecule has 1 spiro atoms. The van der Waals surface area contributed by atoms with Gasteiger partial charge in [0.1, 0.15) is 23.3 Å². The van der Waals surface area contributed by atoms with Gasteiger partial charge in [-0.3, -0.25) is 0 Å². The minimum Gasteiger partial charge on any atom is -0.392 e. The van der Waals surface area contributed by atoms with Gasteiger partial charge in [0.2, 0.25) is 0 Å². The zero-order valence-electron chi connectivity index (χ0n) is 20.7. The Balaban J connectivity index is 1.18. The molecule has 0 radical (unpaired) electrons. The molecule has 4 aliphatic rings. The third-order valence-corrected chi connectivity index (χ3v) is 9.36. The van der Waals surface area contributed by atoms with Crippen LogP contribution in [0.5, 0.6) is 0 Å². The number of aliphatic imine (C=N–C) groups is 2. The van der Waals surface area contributed by atoms with E-state index in [1.165, 1.54) is 22.9 Å². The number of halogens is 1. The van der Waals surface area contributed by atoms with Crippen LogP contribution in [0.3, 0.4) is 0 Å². The second-order valence-electron chi connectivity index (χ2n) is 10.1. The molecule has 2 bridgehead atoms. The lowest BCUT2D eigenvalue weighted by Gasteiger charge is -2.40. The number of thioether (sulfide) groups is 1. The number of rotatable bonds is 3. The molecule has 0 saturated carbocycles. The summed E-state index contributed by atoms with van der Waals surface area (Å²) >= 11 is 7.89. The van der Waals surface area contributed by atoms with Crippen molar-refractivity contribution in [2.24, 2.45) is 15.4 Å². The summed E-state index contributed by atoms with van der Waals surface area (Å²) in [6, 6.07) is 8.32. The Morgan fingerprint density at radius 3 is 2.76 bits per heavy atom. The van der Waals surface area contributed by atoms with Gasteiger partial charge >= 0.3 is 0 Å². The van der Waals surface area contributed by atoms with E-state index in [1.807, 2.05) is 42.4 Å². The van der Waals surface area contributed by atoms with E-state index < -0.39 is 0 Å². The number of likely N-dealkylation sites (N-methyl/N-ethyl adjacent to an activating group) is 1. The number of aromatic nitrogens is 1. The molecule has 0 unspecified atom stereocenters. The second-order valence-corrected chi connectivity index (χ2v) is 11.5. The number of hydrogen-bond acceptors (Lipinski definition) is 8. The lowest BCUT2D eigenvalue weighted by Crippen LogP contribution is -2.43. The van der Waals surface area contributed by atoms with Crippen LogP contribution in [0.4, 0.5) is 5.82 Å². The SMILES string of the molecule is CN1C2=CC=C(Sc3ccnc(N)c3Cl)/C1=N/C=C/C(N1CCC3(CC1)Cc1ccc(CO)cc1C3)=N\2. The van der Waals surface area contributed by atoms with Crippen LogP contribution in [0.25, 0.3) is 0 Å². The number of nitrogen functional groups attached to an aromatic ring is 1. The van der Waals surface area contributed by atoms with E-state index in [1.54, 1.807) is 6.20 Å². The van der Waals surface area contributed by atoms with Gasteiger partial charge in [-0.1, -0.05) is 41.6 Å². The first-order valence-electron chi connectivity index (χ1n) is 12.5. The highest BCUT2D eigenvalue weighted by Crippen LogP contribution is 2.45. The van der Waals surface area contributed by atoms with E-state index in [2.05, 4.69) is 28.1 Å². The van der Waals surface area contributed by atoms with Crippen LogP contribution >= 0.6 is 23.4 Å². The van der Waals surface area contributed by atoms with Gasteiger partial charge in [-0.05, 0) is 72.1 Å². The van der Waals surface area contributed by atoms with Crippen LogP contribution in [-0.4, -0.2) is 51.7 Å². The van der Waals surface area contributed by atoms with Crippen molar-refractivity contribution in [3.63, 3.8) is 0 Å². The van der Waals surface area contributed by atoms with Crippen LogP contribution in [0.2, 0.25) is 5.02 Å². The topological polar surface area (TPSA) is 90.3 Å². The summed E-state index contributed by atoms with van der Waals surface area (Å²) in [6.45, 7) is 2.04. The molecule has 6 rings (SSSR count). The van der Waals surface area contributed by atoms with Crippen molar-refractivity contribution in [2.45, 2.75) is 37.2 Å². The number of likely N-dealkylation sites (tertiary alicyclic amines) is 1. The minimum absolute atomic E-state index is 0.107. The summed E-state index contributed by atoms with van der Waals surface area (Å²) in [5, 5.41) is 9.97. The van der Waals surface area contributed by atoms with Crippen LogP contribution in [0.1, 0.15) is 29.5 Å². The van der Waals surface area contributed by atoms with Crippen LogP contribution < -0.4 is 5.73 Å². The number of piperidine rings is 1. The molecular weight excluding hydrogens is 504 g/mol. The molecular formula is C28H29ClN6OS. The van der Waals surface area contributed by atoms with Crippen LogP contribution in [-0.2, 0) is 19.4 Å². The third kappa shape index (κ3) is 4.58. The smallest absolute Gasteiger partial charge is 0.147 e. The Morgan fingerprint density at radius 2 is 1.95 bits per heavy atom. The predicted molar refractivity (Wildman–Crippen MR) is 150 cm³/mol. The number of allylic oxidation sites excluding steroid dienone is 2. The molecule has 190 valence electrons. The normalized spacial score (nSPS) is 23.8. The zero-order valence-corrected chi connectivity index (χ0v) is 22.3. The maximum Gasteiger partial charge on any atom is 0.147 e. The van der Waals surface area contributed by atoms with Crippen molar-refractivity contribution in [3.05, 3.63) is 87.3 Å². The van der Waals surface area contributed by atoms with E-state index in [9.17, 15) is 5.11 Å². The highest BCUT2D eigenvalue weighted by molar-refractivity contribution is 8.04. The Kier molecular flexibility index (Phi) is 6.34. The summed E-state index contributed by atoms with van der Waals surface area (Å²) in [6.07, 6.45) is 14.1. The monoisotopic (exact) mass is 532 g/mol. The largest absolute Gasteiger partial charge is 0.392 e. The minimum atomic E-state index is 0.107. The number of aliphatic hydroxyl groups excluding tert-OH is 1. The molecule has 1 aromatic carbocycles. The molecule has 1 fully saturated rings. The number of pyridine rings is 1. The van der Waals surface area contributed by atoms with Crippen molar-refractivity contribution in [1.82, 2.24) is 14.8 Å². The van der Waals surface area contributed by atoms with E-state index in [0.29, 0.717) is 16.3 Å². The van der Waals surface area contributed by atoms with Gasteiger partial charge in [-0.25, -0.2) is 15.0 Å². The Morgan fingerprint density at radius 1 is 1.14 bits per heavy atom. The molecule has 0 atom stereocenters. The predicted octanol–water partition coefficient (Wildman–Crippen LogP) is 4.78. The molecule has 9 heteroatoms. The highest BCUT2D eigenvalue weighted by Gasteiger charge is 2.40. The van der Waals surface area contributed by atoms with Crippen molar-refractivity contribution in [1.29, 1.82) is 0 Å². The lowest BCUT2D eigenvalue weighted by atomic mass is 9.76. The average molecular weight is 533 g/mol. The molecule has 3 aliphatic heterocycles. The molecule has 7 nitrogen and oxygen atoms in total. The summed E-state index contributed by atoms with van der Waals surface area (Å²) in [5.41, 5.74) is 10.1. The number of anilines is 1. The molecule has 1 aliphatic carbocycles. The number of benzene rings is 1. The van der Waals surface area contributed by atoms with Gasteiger partial charge in [-0.15, -0.1) is 0 Å². The van der Waals surface area contributed by atoms with Gasteiger partial charge < -0.3 is 20.6 Å². The molecule has 37 heavy (non-hydrogen) atoms. The molecule has 4 heterocycles.